The van der Waals surface area contributed by atoms with E-state index in [9.17, 15) is 0 Å². The van der Waals surface area contributed by atoms with Crippen molar-refractivity contribution in [3.05, 3.63) is 38.8 Å². The van der Waals surface area contributed by atoms with Crippen molar-refractivity contribution in [2.24, 2.45) is 0 Å². The molecule has 0 saturated heterocycles. The van der Waals surface area contributed by atoms with Gasteiger partial charge >= 0.3 is 0 Å². The lowest BCUT2D eigenvalue weighted by molar-refractivity contribution is 0.412. The van der Waals surface area contributed by atoms with Crippen LogP contribution in [0.4, 0.5) is 5.13 Å². The molecule has 0 aliphatic rings. The number of thiazole rings is 1. The van der Waals surface area contributed by atoms with Gasteiger partial charge in [-0.15, -0.1) is 11.3 Å². The second-order valence-corrected chi connectivity index (χ2v) is 5.89. The van der Waals surface area contributed by atoms with Gasteiger partial charge in [-0.25, -0.2) is 4.98 Å². The molecule has 96 valence electrons. The molecule has 0 amide bonds. The number of nitrogens with two attached hydrogens (primary N) is 1. The summed E-state index contributed by atoms with van der Waals surface area (Å²) in [5.41, 5.74) is 8.09. The summed E-state index contributed by atoms with van der Waals surface area (Å²) in [6.45, 7) is 2.10. The standard InChI is InChI=1S/C13H15BrN2OS/c1-3-10-12(18-13(15)16-10)7-8-4-5-11(17-2)9(14)6-8/h4-6H,3,7H2,1-2H3,(H2,15,16). The van der Waals surface area contributed by atoms with E-state index >= 15 is 0 Å². The molecule has 0 atom stereocenters. The first-order valence-corrected chi connectivity index (χ1v) is 7.31. The van der Waals surface area contributed by atoms with E-state index in [0.29, 0.717) is 5.13 Å². The van der Waals surface area contributed by atoms with Gasteiger partial charge in [0, 0.05) is 11.3 Å². The van der Waals surface area contributed by atoms with Crippen molar-refractivity contribution in [2.75, 3.05) is 12.8 Å². The summed E-state index contributed by atoms with van der Waals surface area (Å²) < 4.78 is 6.19. The van der Waals surface area contributed by atoms with Crippen LogP contribution in [-0.4, -0.2) is 12.1 Å². The fourth-order valence-corrected chi connectivity index (χ4v) is 3.37. The average Bonchev–Trinajstić information content (AvgIpc) is 2.70. The van der Waals surface area contributed by atoms with E-state index in [2.05, 4.69) is 40.0 Å². The summed E-state index contributed by atoms with van der Waals surface area (Å²) in [5.74, 6) is 0.846. The van der Waals surface area contributed by atoms with Crippen LogP contribution in [-0.2, 0) is 12.8 Å². The Kier molecular flexibility index (Phi) is 4.24. The van der Waals surface area contributed by atoms with Crippen LogP contribution in [0.3, 0.4) is 0 Å². The molecule has 2 N–H and O–H groups in total. The third-order valence-corrected chi connectivity index (χ3v) is 4.26. The van der Waals surface area contributed by atoms with Gasteiger partial charge in [0.15, 0.2) is 5.13 Å². The lowest BCUT2D eigenvalue weighted by Crippen LogP contribution is -1.92. The smallest absolute Gasteiger partial charge is 0.180 e. The van der Waals surface area contributed by atoms with Gasteiger partial charge in [-0.05, 0) is 40.0 Å². The zero-order valence-corrected chi connectivity index (χ0v) is 12.8. The molecule has 1 aromatic heterocycles. The number of hydrogen-bond donors (Lipinski definition) is 1. The third kappa shape index (κ3) is 2.84. The molecule has 3 nitrogen and oxygen atoms in total. The first-order chi connectivity index (χ1) is 8.63. The number of aryl methyl sites for hydroxylation is 1. The molecule has 0 unspecified atom stereocenters. The van der Waals surface area contributed by atoms with E-state index in [-0.39, 0.29) is 0 Å². The van der Waals surface area contributed by atoms with Crippen LogP contribution in [0.5, 0.6) is 5.75 Å². The summed E-state index contributed by atoms with van der Waals surface area (Å²) in [7, 11) is 1.67. The fraction of sp³-hybridized carbons (Fsp3) is 0.308. The van der Waals surface area contributed by atoms with Gasteiger partial charge in [-0.2, -0.15) is 0 Å². The number of ether oxygens (including phenoxy) is 1. The third-order valence-electron chi connectivity index (χ3n) is 2.71. The predicted molar refractivity (Wildman–Crippen MR) is 79.4 cm³/mol. The van der Waals surface area contributed by atoms with Crippen LogP contribution in [0, 0.1) is 0 Å². The summed E-state index contributed by atoms with van der Waals surface area (Å²) in [6, 6.07) is 6.11. The molecule has 0 saturated carbocycles. The second-order valence-electron chi connectivity index (χ2n) is 3.92. The molecule has 0 bridgehead atoms. The first kappa shape index (κ1) is 13.4. The first-order valence-electron chi connectivity index (χ1n) is 5.70. The number of rotatable bonds is 4. The largest absolute Gasteiger partial charge is 0.496 e. The maximum absolute atomic E-state index is 5.76. The summed E-state index contributed by atoms with van der Waals surface area (Å²) in [5, 5.41) is 0.648. The van der Waals surface area contributed by atoms with Gasteiger partial charge in [0.1, 0.15) is 5.75 Å². The molecule has 0 spiro atoms. The van der Waals surface area contributed by atoms with Crippen molar-refractivity contribution < 1.29 is 4.74 Å². The molecular formula is C13H15BrN2OS. The molecule has 0 aliphatic carbocycles. The van der Waals surface area contributed by atoms with E-state index in [1.165, 1.54) is 10.4 Å². The average molecular weight is 327 g/mol. The van der Waals surface area contributed by atoms with E-state index in [4.69, 9.17) is 10.5 Å². The van der Waals surface area contributed by atoms with Crippen molar-refractivity contribution in [3.63, 3.8) is 0 Å². The van der Waals surface area contributed by atoms with E-state index in [1.807, 2.05) is 6.07 Å². The zero-order valence-electron chi connectivity index (χ0n) is 10.4. The minimum Gasteiger partial charge on any atom is -0.496 e. The van der Waals surface area contributed by atoms with Gasteiger partial charge < -0.3 is 10.5 Å². The highest BCUT2D eigenvalue weighted by Crippen LogP contribution is 2.29. The number of nitrogens with zero attached hydrogens (tertiary/aromatic N) is 1. The van der Waals surface area contributed by atoms with Crippen molar-refractivity contribution in [1.82, 2.24) is 4.98 Å². The molecule has 2 rings (SSSR count). The topological polar surface area (TPSA) is 48.1 Å². The highest BCUT2D eigenvalue weighted by molar-refractivity contribution is 9.10. The van der Waals surface area contributed by atoms with Crippen LogP contribution in [0.15, 0.2) is 22.7 Å². The molecule has 5 heteroatoms. The number of methoxy groups -OCH3 is 1. The lowest BCUT2D eigenvalue weighted by atomic mass is 10.1. The Hall–Kier alpha value is -1.07. The minimum atomic E-state index is 0.648. The lowest BCUT2D eigenvalue weighted by Gasteiger charge is -2.06. The number of benzene rings is 1. The predicted octanol–water partition coefficient (Wildman–Crippen LogP) is 3.65. The molecule has 2 aromatic rings. The summed E-state index contributed by atoms with van der Waals surface area (Å²) in [6.07, 6.45) is 1.78. The highest BCUT2D eigenvalue weighted by Gasteiger charge is 2.09. The molecule has 0 aliphatic heterocycles. The van der Waals surface area contributed by atoms with E-state index < -0.39 is 0 Å². The zero-order chi connectivity index (χ0) is 13.1. The number of hydrogen-bond acceptors (Lipinski definition) is 4. The number of halogens is 1. The number of aromatic nitrogens is 1. The van der Waals surface area contributed by atoms with E-state index in [0.717, 1.165) is 28.8 Å². The maximum Gasteiger partial charge on any atom is 0.180 e. The van der Waals surface area contributed by atoms with E-state index in [1.54, 1.807) is 18.4 Å². The number of nitrogen functional groups attached to an aromatic ring is 1. The van der Waals surface area contributed by atoms with Crippen LogP contribution in [0.25, 0.3) is 0 Å². The van der Waals surface area contributed by atoms with Gasteiger partial charge in [-0.1, -0.05) is 13.0 Å². The number of anilines is 1. The molecule has 1 aromatic carbocycles. The monoisotopic (exact) mass is 326 g/mol. The van der Waals surface area contributed by atoms with Gasteiger partial charge in [0.2, 0.25) is 0 Å². The van der Waals surface area contributed by atoms with Gasteiger partial charge in [0.25, 0.3) is 0 Å². The Morgan fingerprint density at radius 3 is 2.83 bits per heavy atom. The van der Waals surface area contributed by atoms with Crippen LogP contribution in [0.1, 0.15) is 23.1 Å². The Balaban J connectivity index is 2.25. The quantitative estimate of drug-likeness (QED) is 0.932. The molecule has 18 heavy (non-hydrogen) atoms. The van der Waals surface area contributed by atoms with Crippen molar-refractivity contribution in [3.8, 4) is 5.75 Å². The molecule has 0 radical (unpaired) electrons. The van der Waals surface area contributed by atoms with Crippen LogP contribution >= 0.6 is 27.3 Å². The summed E-state index contributed by atoms with van der Waals surface area (Å²) in [4.78, 5) is 5.58. The summed E-state index contributed by atoms with van der Waals surface area (Å²) >= 11 is 5.07. The SMILES string of the molecule is CCc1nc(N)sc1Cc1ccc(OC)c(Br)c1. The Bertz CT molecular complexity index is 554. The molecule has 0 fully saturated rings. The van der Waals surface area contributed by atoms with Crippen molar-refractivity contribution in [2.45, 2.75) is 19.8 Å². The van der Waals surface area contributed by atoms with Gasteiger partial charge in [0.05, 0.1) is 17.3 Å². The Labute approximate surface area is 119 Å². The normalized spacial score (nSPS) is 10.6. The fourth-order valence-electron chi connectivity index (χ4n) is 1.82. The Morgan fingerprint density at radius 2 is 2.22 bits per heavy atom. The Morgan fingerprint density at radius 1 is 1.44 bits per heavy atom. The minimum absolute atomic E-state index is 0.648. The van der Waals surface area contributed by atoms with Crippen LogP contribution < -0.4 is 10.5 Å². The van der Waals surface area contributed by atoms with Crippen molar-refractivity contribution in [1.29, 1.82) is 0 Å². The maximum atomic E-state index is 5.76. The van der Waals surface area contributed by atoms with Crippen molar-refractivity contribution >= 4 is 32.4 Å². The second kappa shape index (κ2) is 5.71. The molecule has 1 heterocycles. The van der Waals surface area contributed by atoms with Gasteiger partial charge in [-0.3, -0.25) is 0 Å². The highest BCUT2D eigenvalue weighted by atomic mass is 79.9. The molecular weight excluding hydrogens is 312 g/mol. The van der Waals surface area contributed by atoms with Crippen LogP contribution in [0.2, 0.25) is 0 Å².